The van der Waals surface area contributed by atoms with Crippen molar-refractivity contribution in [2.24, 2.45) is 0 Å². The molecule has 2 atom stereocenters. The molecule has 2 fully saturated rings. The minimum Gasteiger partial charge on any atom is -0.372 e. The molecule has 0 radical (unpaired) electrons. The van der Waals surface area contributed by atoms with Gasteiger partial charge in [-0.05, 0) is 38.7 Å². The van der Waals surface area contributed by atoms with E-state index in [1.165, 1.54) is 18.4 Å². The summed E-state index contributed by atoms with van der Waals surface area (Å²) in [5, 5.41) is 0. The van der Waals surface area contributed by atoms with Crippen LogP contribution in [0.4, 0.5) is 0 Å². The summed E-state index contributed by atoms with van der Waals surface area (Å²) in [6, 6.07) is 10.8. The average molecular weight is 245 g/mol. The molecule has 2 heteroatoms. The van der Waals surface area contributed by atoms with Crippen molar-refractivity contribution in [3.05, 3.63) is 35.9 Å². The molecule has 2 aliphatic heterocycles. The van der Waals surface area contributed by atoms with E-state index in [4.69, 9.17) is 4.74 Å². The zero-order valence-electron chi connectivity index (χ0n) is 11.4. The van der Waals surface area contributed by atoms with E-state index >= 15 is 0 Å². The summed E-state index contributed by atoms with van der Waals surface area (Å²) < 4.78 is 5.93. The normalized spacial score (nSPS) is 28.6. The Kier molecular flexibility index (Phi) is 3.16. The topological polar surface area (TPSA) is 12.5 Å². The van der Waals surface area contributed by atoms with Crippen LogP contribution in [0.3, 0.4) is 0 Å². The molecule has 0 spiro atoms. The Morgan fingerprint density at radius 1 is 1.11 bits per heavy atom. The Balaban J connectivity index is 1.70. The molecule has 0 aromatic heterocycles. The maximum atomic E-state index is 5.93. The zero-order valence-corrected chi connectivity index (χ0v) is 11.4. The van der Waals surface area contributed by atoms with Crippen LogP contribution in [0.2, 0.25) is 0 Å². The number of fused-ring (bicyclic) bond motifs is 2. The molecule has 0 N–H and O–H groups in total. The predicted octanol–water partition coefficient (Wildman–Crippen LogP) is 2.87. The molecule has 2 nitrogen and oxygen atoms in total. The monoisotopic (exact) mass is 245 g/mol. The fourth-order valence-corrected chi connectivity index (χ4v) is 3.32. The minimum atomic E-state index is 0.228. The second-order valence-corrected chi connectivity index (χ2v) is 6.34. The smallest absolute Gasteiger partial charge is 0.0707 e. The minimum absolute atomic E-state index is 0.228. The Hall–Kier alpha value is -0.860. The largest absolute Gasteiger partial charge is 0.372 e. The van der Waals surface area contributed by atoms with Crippen LogP contribution in [-0.2, 0) is 11.2 Å². The van der Waals surface area contributed by atoms with Crippen molar-refractivity contribution >= 4 is 0 Å². The molecule has 2 saturated heterocycles. The summed E-state index contributed by atoms with van der Waals surface area (Å²) in [5.74, 6) is 0. The van der Waals surface area contributed by atoms with Crippen LogP contribution in [-0.4, -0.2) is 35.7 Å². The first-order chi connectivity index (χ1) is 8.63. The number of likely N-dealkylation sites (tertiary alicyclic amines) is 1. The summed E-state index contributed by atoms with van der Waals surface area (Å²) in [5.41, 5.74) is 1.66. The van der Waals surface area contributed by atoms with Gasteiger partial charge in [-0.3, -0.25) is 4.90 Å². The van der Waals surface area contributed by atoms with Crippen LogP contribution in [0.5, 0.6) is 0 Å². The van der Waals surface area contributed by atoms with E-state index < -0.39 is 0 Å². The average Bonchev–Trinajstić information content (AvgIpc) is 2.69. The number of ether oxygens (including phenoxy) is 1. The molecular formula is C16H23NO. The number of morpholine rings is 1. The summed E-state index contributed by atoms with van der Waals surface area (Å²) in [7, 11) is 0. The third-order valence-electron chi connectivity index (χ3n) is 4.38. The van der Waals surface area contributed by atoms with Gasteiger partial charge in [0.1, 0.15) is 0 Å². The second-order valence-electron chi connectivity index (χ2n) is 6.34. The summed E-state index contributed by atoms with van der Waals surface area (Å²) >= 11 is 0. The lowest BCUT2D eigenvalue weighted by molar-refractivity contribution is -0.0706. The van der Waals surface area contributed by atoms with Crippen LogP contribution >= 0.6 is 0 Å². The number of hydrogen-bond donors (Lipinski definition) is 0. The van der Waals surface area contributed by atoms with E-state index in [0.717, 1.165) is 19.5 Å². The highest BCUT2D eigenvalue weighted by Gasteiger charge is 2.39. The highest BCUT2D eigenvalue weighted by Crippen LogP contribution is 2.31. The van der Waals surface area contributed by atoms with Crippen LogP contribution in [0.15, 0.2) is 30.3 Å². The quantitative estimate of drug-likeness (QED) is 0.812. The molecule has 1 aromatic carbocycles. The van der Waals surface area contributed by atoms with Gasteiger partial charge in [-0.15, -0.1) is 0 Å². The first kappa shape index (κ1) is 12.2. The van der Waals surface area contributed by atoms with Crippen molar-refractivity contribution in [2.45, 2.75) is 50.9 Å². The van der Waals surface area contributed by atoms with E-state index in [1.807, 2.05) is 0 Å². The third-order valence-corrected chi connectivity index (χ3v) is 4.38. The van der Waals surface area contributed by atoms with Gasteiger partial charge in [-0.2, -0.15) is 0 Å². The van der Waals surface area contributed by atoms with Gasteiger partial charge < -0.3 is 4.74 Å². The van der Waals surface area contributed by atoms with Crippen LogP contribution in [0.25, 0.3) is 0 Å². The highest BCUT2D eigenvalue weighted by atomic mass is 16.5. The Morgan fingerprint density at radius 2 is 1.72 bits per heavy atom. The molecule has 3 rings (SSSR count). The Morgan fingerprint density at radius 3 is 2.33 bits per heavy atom. The van der Waals surface area contributed by atoms with Gasteiger partial charge in [0.2, 0.25) is 0 Å². The molecule has 2 aliphatic rings. The number of benzene rings is 1. The molecule has 0 saturated carbocycles. The standard InChI is InChI=1S/C16H23NO/c1-16(2,10-13-6-4-3-5-7-13)17-11-14-8-9-15(12-17)18-14/h3-7,14-15H,8-12H2,1-2H3. The van der Waals surface area contributed by atoms with Gasteiger partial charge in [0.15, 0.2) is 0 Å². The number of hydrogen-bond acceptors (Lipinski definition) is 2. The van der Waals surface area contributed by atoms with E-state index in [9.17, 15) is 0 Å². The lowest BCUT2D eigenvalue weighted by Crippen LogP contribution is -2.54. The number of rotatable bonds is 3. The van der Waals surface area contributed by atoms with Gasteiger partial charge in [0.05, 0.1) is 12.2 Å². The summed E-state index contributed by atoms with van der Waals surface area (Å²) in [4.78, 5) is 2.63. The summed E-state index contributed by atoms with van der Waals surface area (Å²) in [6.45, 7) is 6.95. The van der Waals surface area contributed by atoms with Crippen molar-refractivity contribution in [1.82, 2.24) is 4.90 Å². The van der Waals surface area contributed by atoms with E-state index in [0.29, 0.717) is 12.2 Å². The highest BCUT2D eigenvalue weighted by molar-refractivity contribution is 5.17. The van der Waals surface area contributed by atoms with Crippen molar-refractivity contribution in [3.63, 3.8) is 0 Å². The molecule has 2 heterocycles. The van der Waals surface area contributed by atoms with Crippen LogP contribution in [0.1, 0.15) is 32.3 Å². The van der Waals surface area contributed by atoms with Crippen LogP contribution < -0.4 is 0 Å². The molecule has 0 amide bonds. The molecule has 98 valence electrons. The fraction of sp³-hybridized carbons (Fsp3) is 0.625. The molecule has 18 heavy (non-hydrogen) atoms. The van der Waals surface area contributed by atoms with Crippen molar-refractivity contribution in [3.8, 4) is 0 Å². The van der Waals surface area contributed by atoms with Gasteiger partial charge in [-0.1, -0.05) is 30.3 Å². The SMILES string of the molecule is CC(C)(Cc1ccccc1)N1CC2CCC(C1)O2. The first-order valence-corrected chi connectivity index (χ1v) is 7.08. The van der Waals surface area contributed by atoms with Crippen LogP contribution in [0, 0.1) is 0 Å². The van der Waals surface area contributed by atoms with Crippen molar-refractivity contribution < 1.29 is 4.74 Å². The fourth-order valence-electron chi connectivity index (χ4n) is 3.32. The first-order valence-electron chi connectivity index (χ1n) is 7.08. The van der Waals surface area contributed by atoms with Gasteiger partial charge in [-0.25, -0.2) is 0 Å². The predicted molar refractivity (Wildman–Crippen MR) is 73.7 cm³/mol. The Labute approximate surface area is 110 Å². The van der Waals surface area contributed by atoms with Gasteiger partial charge in [0, 0.05) is 18.6 Å². The lowest BCUT2D eigenvalue weighted by Gasteiger charge is -2.43. The number of nitrogens with zero attached hydrogens (tertiary/aromatic N) is 1. The second kappa shape index (κ2) is 4.67. The molecule has 0 aliphatic carbocycles. The molecule has 2 unspecified atom stereocenters. The van der Waals surface area contributed by atoms with E-state index in [1.54, 1.807) is 0 Å². The summed E-state index contributed by atoms with van der Waals surface area (Å²) in [6.07, 6.45) is 4.59. The Bertz CT molecular complexity index is 389. The zero-order chi connectivity index (χ0) is 12.6. The maximum Gasteiger partial charge on any atom is 0.0707 e. The van der Waals surface area contributed by atoms with Crippen molar-refractivity contribution in [1.29, 1.82) is 0 Å². The van der Waals surface area contributed by atoms with Crippen molar-refractivity contribution in [2.75, 3.05) is 13.1 Å². The van der Waals surface area contributed by atoms with Gasteiger partial charge in [0.25, 0.3) is 0 Å². The van der Waals surface area contributed by atoms with Gasteiger partial charge >= 0.3 is 0 Å². The van der Waals surface area contributed by atoms with E-state index in [-0.39, 0.29) is 5.54 Å². The lowest BCUT2D eigenvalue weighted by atomic mass is 9.92. The third kappa shape index (κ3) is 2.45. The molecule has 1 aromatic rings. The van der Waals surface area contributed by atoms with E-state index in [2.05, 4.69) is 49.1 Å². The molecular weight excluding hydrogens is 222 g/mol. The maximum absolute atomic E-state index is 5.93. The molecule has 2 bridgehead atoms.